The van der Waals surface area contributed by atoms with E-state index in [-0.39, 0.29) is 16.4 Å². The van der Waals surface area contributed by atoms with Crippen molar-refractivity contribution >= 4 is 10.0 Å². The topological polar surface area (TPSA) is 72.6 Å². The van der Waals surface area contributed by atoms with Crippen LogP contribution in [0.3, 0.4) is 0 Å². The second-order valence-electron chi connectivity index (χ2n) is 8.25. The summed E-state index contributed by atoms with van der Waals surface area (Å²) in [7, 11) is -1.60. The zero-order valence-corrected chi connectivity index (χ0v) is 18.3. The standard InChI is InChI=1S/C22H32N2O3S/c1-17(18-7-13-21(14-8-18)28(23,25)26)24(5)15-6-16-27-20-11-9-19(10-12-20)22(2,3)4/h7-14,17H,6,15-16H2,1-5H3,(H2,23,25,26). The van der Waals surface area contributed by atoms with Crippen molar-refractivity contribution in [2.45, 2.75) is 50.5 Å². The molecular weight excluding hydrogens is 372 g/mol. The van der Waals surface area contributed by atoms with E-state index in [0.717, 1.165) is 24.3 Å². The first-order chi connectivity index (χ1) is 13.0. The lowest BCUT2D eigenvalue weighted by molar-refractivity contribution is 0.226. The molecule has 0 saturated heterocycles. The molecule has 0 radical (unpaired) electrons. The third-order valence-corrected chi connectivity index (χ3v) is 5.93. The van der Waals surface area contributed by atoms with Gasteiger partial charge < -0.3 is 4.74 Å². The van der Waals surface area contributed by atoms with Crippen LogP contribution >= 0.6 is 0 Å². The summed E-state index contributed by atoms with van der Waals surface area (Å²) in [5.74, 6) is 0.891. The zero-order valence-electron chi connectivity index (χ0n) is 17.5. The Kier molecular flexibility index (Phi) is 7.26. The van der Waals surface area contributed by atoms with Crippen LogP contribution in [0.4, 0.5) is 0 Å². The fourth-order valence-corrected chi connectivity index (χ4v) is 3.45. The predicted octanol–water partition coefficient (Wildman–Crippen LogP) is 4.09. The van der Waals surface area contributed by atoms with E-state index in [9.17, 15) is 8.42 Å². The largest absolute Gasteiger partial charge is 0.494 e. The molecule has 0 amide bonds. The molecular formula is C22H32N2O3S. The minimum Gasteiger partial charge on any atom is -0.494 e. The number of primary sulfonamides is 1. The normalized spacial score (nSPS) is 13.5. The van der Waals surface area contributed by atoms with Gasteiger partial charge in [0, 0.05) is 12.6 Å². The highest BCUT2D eigenvalue weighted by molar-refractivity contribution is 7.89. The molecule has 2 rings (SSSR count). The monoisotopic (exact) mass is 404 g/mol. The number of hydrogen-bond acceptors (Lipinski definition) is 4. The van der Waals surface area contributed by atoms with Crippen LogP contribution in [0, 0.1) is 0 Å². The maximum Gasteiger partial charge on any atom is 0.238 e. The number of hydrogen-bond donors (Lipinski definition) is 1. The molecule has 0 aliphatic carbocycles. The molecule has 0 spiro atoms. The summed E-state index contributed by atoms with van der Waals surface area (Å²) in [5, 5.41) is 5.15. The molecule has 28 heavy (non-hydrogen) atoms. The Balaban J connectivity index is 1.81. The van der Waals surface area contributed by atoms with Gasteiger partial charge in [-0.3, -0.25) is 4.90 Å². The molecule has 0 aliphatic rings. The molecule has 1 unspecified atom stereocenters. The van der Waals surface area contributed by atoms with E-state index < -0.39 is 10.0 Å². The van der Waals surface area contributed by atoms with Gasteiger partial charge in [-0.25, -0.2) is 13.6 Å². The van der Waals surface area contributed by atoms with Crippen molar-refractivity contribution in [2.24, 2.45) is 5.14 Å². The molecule has 0 fully saturated rings. The van der Waals surface area contributed by atoms with Gasteiger partial charge in [0.25, 0.3) is 0 Å². The van der Waals surface area contributed by atoms with Gasteiger partial charge in [0.15, 0.2) is 0 Å². The summed E-state index contributed by atoms with van der Waals surface area (Å²) in [4.78, 5) is 2.36. The first-order valence-electron chi connectivity index (χ1n) is 9.55. The number of sulfonamides is 1. The van der Waals surface area contributed by atoms with Crippen molar-refractivity contribution in [1.82, 2.24) is 4.90 Å². The quantitative estimate of drug-likeness (QED) is 0.673. The first-order valence-corrected chi connectivity index (χ1v) is 11.1. The van der Waals surface area contributed by atoms with Crippen molar-refractivity contribution in [1.29, 1.82) is 0 Å². The van der Waals surface area contributed by atoms with Gasteiger partial charge in [-0.15, -0.1) is 0 Å². The fraction of sp³-hybridized carbons (Fsp3) is 0.455. The lowest BCUT2D eigenvalue weighted by Crippen LogP contribution is -2.25. The smallest absolute Gasteiger partial charge is 0.238 e. The summed E-state index contributed by atoms with van der Waals surface area (Å²) >= 11 is 0. The zero-order chi connectivity index (χ0) is 20.9. The molecule has 2 N–H and O–H groups in total. The Morgan fingerprint density at radius 2 is 1.61 bits per heavy atom. The van der Waals surface area contributed by atoms with E-state index in [2.05, 4.69) is 51.8 Å². The number of nitrogens with two attached hydrogens (primary N) is 1. The Morgan fingerprint density at radius 1 is 1.04 bits per heavy atom. The first kappa shape index (κ1) is 22.4. The van der Waals surface area contributed by atoms with Gasteiger partial charge in [0.05, 0.1) is 11.5 Å². The summed E-state index contributed by atoms with van der Waals surface area (Å²) in [6, 6.07) is 15.2. The van der Waals surface area contributed by atoms with Crippen LogP contribution in [0.1, 0.15) is 51.3 Å². The molecule has 0 heterocycles. The average molecular weight is 405 g/mol. The summed E-state index contributed by atoms with van der Waals surface area (Å²) in [6.07, 6.45) is 0.900. The van der Waals surface area contributed by atoms with Crippen LogP contribution in [0.25, 0.3) is 0 Å². The number of nitrogens with zero attached hydrogens (tertiary/aromatic N) is 1. The molecule has 0 aliphatic heterocycles. The predicted molar refractivity (Wildman–Crippen MR) is 114 cm³/mol. The average Bonchev–Trinajstić information content (AvgIpc) is 2.63. The third-order valence-electron chi connectivity index (χ3n) is 5.00. The van der Waals surface area contributed by atoms with Crippen LogP contribution in [0.5, 0.6) is 5.75 Å². The van der Waals surface area contributed by atoms with E-state index >= 15 is 0 Å². The number of benzene rings is 2. The van der Waals surface area contributed by atoms with E-state index in [0.29, 0.717) is 6.61 Å². The minimum absolute atomic E-state index is 0.136. The van der Waals surface area contributed by atoms with Crippen LogP contribution in [0.15, 0.2) is 53.4 Å². The van der Waals surface area contributed by atoms with Crippen molar-refractivity contribution in [2.75, 3.05) is 20.2 Å². The van der Waals surface area contributed by atoms with Gasteiger partial charge >= 0.3 is 0 Å². The molecule has 2 aromatic carbocycles. The second-order valence-corrected chi connectivity index (χ2v) is 9.81. The lowest BCUT2D eigenvalue weighted by atomic mass is 9.87. The second kappa shape index (κ2) is 9.07. The van der Waals surface area contributed by atoms with Crippen LogP contribution < -0.4 is 9.88 Å². The van der Waals surface area contributed by atoms with Crippen molar-refractivity contribution in [3.05, 3.63) is 59.7 Å². The lowest BCUT2D eigenvalue weighted by Gasteiger charge is -2.25. The third kappa shape index (κ3) is 6.33. The Morgan fingerprint density at radius 3 is 2.11 bits per heavy atom. The van der Waals surface area contributed by atoms with Crippen LogP contribution in [-0.4, -0.2) is 33.5 Å². The summed E-state index contributed by atoms with van der Waals surface area (Å²) in [5.41, 5.74) is 2.49. The number of ether oxygens (including phenoxy) is 1. The minimum atomic E-state index is -3.65. The Bertz CT molecular complexity index is 854. The van der Waals surface area contributed by atoms with Crippen LogP contribution in [-0.2, 0) is 15.4 Å². The van der Waals surface area contributed by atoms with Crippen LogP contribution in [0.2, 0.25) is 0 Å². The van der Waals surface area contributed by atoms with Crippen molar-refractivity contribution in [3.8, 4) is 5.75 Å². The highest BCUT2D eigenvalue weighted by Crippen LogP contribution is 2.24. The highest BCUT2D eigenvalue weighted by Gasteiger charge is 2.14. The van der Waals surface area contributed by atoms with Gasteiger partial charge in [0.2, 0.25) is 10.0 Å². The Labute approximate surface area is 169 Å². The molecule has 2 aromatic rings. The van der Waals surface area contributed by atoms with Gasteiger partial charge in [0.1, 0.15) is 5.75 Å². The fourth-order valence-electron chi connectivity index (χ4n) is 2.94. The molecule has 0 bridgehead atoms. The maximum absolute atomic E-state index is 11.4. The SMILES string of the molecule is CC(c1ccc(S(N)(=O)=O)cc1)N(C)CCCOc1ccc(C(C)(C)C)cc1. The van der Waals surface area contributed by atoms with E-state index in [4.69, 9.17) is 9.88 Å². The molecule has 1 atom stereocenters. The summed E-state index contributed by atoms with van der Waals surface area (Å²) < 4.78 is 28.6. The molecule has 5 nitrogen and oxygen atoms in total. The Hall–Kier alpha value is -1.89. The number of rotatable bonds is 8. The van der Waals surface area contributed by atoms with Gasteiger partial charge in [-0.05, 0) is 61.2 Å². The van der Waals surface area contributed by atoms with E-state index in [1.807, 2.05) is 24.3 Å². The van der Waals surface area contributed by atoms with E-state index in [1.54, 1.807) is 12.1 Å². The molecule has 0 saturated carbocycles. The van der Waals surface area contributed by atoms with E-state index in [1.165, 1.54) is 5.56 Å². The van der Waals surface area contributed by atoms with Gasteiger partial charge in [-0.2, -0.15) is 0 Å². The summed E-state index contributed by atoms with van der Waals surface area (Å²) in [6.45, 7) is 10.2. The van der Waals surface area contributed by atoms with Crippen molar-refractivity contribution < 1.29 is 13.2 Å². The maximum atomic E-state index is 11.4. The van der Waals surface area contributed by atoms with Crippen molar-refractivity contribution in [3.63, 3.8) is 0 Å². The molecule has 0 aromatic heterocycles. The molecule has 154 valence electrons. The highest BCUT2D eigenvalue weighted by atomic mass is 32.2. The van der Waals surface area contributed by atoms with Gasteiger partial charge in [-0.1, -0.05) is 45.0 Å². The molecule has 6 heteroatoms.